The third-order valence-electron chi connectivity index (χ3n) is 4.59. The number of aromatic nitrogens is 1. The highest BCUT2D eigenvalue weighted by molar-refractivity contribution is 5.74. The van der Waals surface area contributed by atoms with Crippen molar-refractivity contribution in [3.63, 3.8) is 0 Å². The second-order valence-electron chi connectivity index (χ2n) is 7.11. The first-order valence-electron chi connectivity index (χ1n) is 8.81. The number of carbonyl (C=O) groups is 1. The Balaban J connectivity index is 1.81. The van der Waals surface area contributed by atoms with Crippen molar-refractivity contribution in [1.29, 1.82) is 0 Å². The average Bonchev–Trinajstić information content (AvgIpc) is 2.52. The molecule has 1 saturated heterocycles. The number of nitrogens with one attached hydrogen (secondary N) is 2. The van der Waals surface area contributed by atoms with Crippen LogP contribution in [0.15, 0.2) is 10.9 Å². The smallest absolute Gasteiger partial charge is 0.317 e. The Morgan fingerprint density at radius 1 is 1.25 bits per heavy atom. The van der Waals surface area contributed by atoms with Crippen LogP contribution in [0.25, 0.3) is 0 Å². The summed E-state index contributed by atoms with van der Waals surface area (Å²) in [6.45, 7) is 12.9. The van der Waals surface area contributed by atoms with E-state index in [1.54, 1.807) is 0 Å². The summed E-state index contributed by atoms with van der Waals surface area (Å²) < 4.78 is 0. The number of pyridine rings is 1. The van der Waals surface area contributed by atoms with Crippen molar-refractivity contribution >= 4 is 6.03 Å². The zero-order valence-electron chi connectivity index (χ0n) is 15.3. The third-order valence-corrected chi connectivity index (χ3v) is 4.59. The van der Waals surface area contributed by atoms with Gasteiger partial charge in [0.05, 0.1) is 6.54 Å². The molecule has 0 unspecified atom stereocenters. The Morgan fingerprint density at radius 2 is 1.92 bits per heavy atom. The standard InChI is InChI=1S/C18H30N4O2/c1-13(2)5-6-21-7-9-22(10-8-21)18(24)19-12-16-14(3)11-15(4)20-17(16)23/h11,13H,5-10,12H2,1-4H3,(H,19,24)(H,20,23). The molecule has 0 bridgehead atoms. The lowest BCUT2D eigenvalue weighted by Crippen LogP contribution is -2.52. The number of rotatable bonds is 5. The Kier molecular flexibility index (Phi) is 6.43. The highest BCUT2D eigenvalue weighted by Gasteiger charge is 2.21. The fourth-order valence-electron chi connectivity index (χ4n) is 2.99. The van der Waals surface area contributed by atoms with Gasteiger partial charge in [0, 0.05) is 37.4 Å². The maximum atomic E-state index is 12.3. The number of nitrogens with zero attached hydrogens (tertiary/aromatic N) is 2. The molecule has 6 nitrogen and oxygen atoms in total. The van der Waals surface area contributed by atoms with Gasteiger partial charge in [0.1, 0.15) is 0 Å². The van der Waals surface area contributed by atoms with Crippen LogP contribution in [0.3, 0.4) is 0 Å². The van der Waals surface area contributed by atoms with Crippen molar-refractivity contribution in [1.82, 2.24) is 20.1 Å². The van der Waals surface area contributed by atoms with Crippen molar-refractivity contribution < 1.29 is 4.79 Å². The van der Waals surface area contributed by atoms with Gasteiger partial charge < -0.3 is 15.2 Å². The summed E-state index contributed by atoms with van der Waals surface area (Å²) in [7, 11) is 0. The minimum Gasteiger partial charge on any atom is -0.334 e. The lowest BCUT2D eigenvalue weighted by molar-refractivity contribution is 0.135. The number of aryl methyl sites for hydroxylation is 2. The van der Waals surface area contributed by atoms with E-state index in [9.17, 15) is 9.59 Å². The van der Waals surface area contributed by atoms with Crippen LogP contribution in [0, 0.1) is 19.8 Å². The number of urea groups is 1. The lowest BCUT2D eigenvalue weighted by Gasteiger charge is -2.35. The van der Waals surface area contributed by atoms with Gasteiger partial charge in [-0.1, -0.05) is 13.8 Å². The van der Waals surface area contributed by atoms with Gasteiger partial charge in [0.15, 0.2) is 0 Å². The van der Waals surface area contributed by atoms with Gasteiger partial charge in [-0.05, 0) is 44.4 Å². The first-order valence-corrected chi connectivity index (χ1v) is 8.81. The number of amides is 2. The van der Waals surface area contributed by atoms with Crippen LogP contribution < -0.4 is 10.9 Å². The van der Waals surface area contributed by atoms with E-state index in [1.165, 1.54) is 6.42 Å². The SMILES string of the molecule is Cc1cc(C)c(CNC(=O)N2CCN(CCC(C)C)CC2)c(=O)[nH]1. The molecule has 0 aliphatic carbocycles. The number of H-pyrrole nitrogens is 1. The fourth-order valence-corrected chi connectivity index (χ4v) is 2.99. The number of hydrogen-bond acceptors (Lipinski definition) is 3. The van der Waals surface area contributed by atoms with Gasteiger partial charge in [-0.3, -0.25) is 9.69 Å². The second-order valence-corrected chi connectivity index (χ2v) is 7.11. The average molecular weight is 334 g/mol. The molecule has 0 aromatic carbocycles. The predicted octanol–water partition coefficient (Wildman–Crippen LogP) is 1.87. The van der Waals surface area contributed by atoms with E-state index in [-0.39, 0.29) is 18.1 Å². The van der Waals surface area contributed by atoms with Crippen LogP contribution in [0.4, 0.5) is 4.79 Å². The molecule has 1 aliphatic rings. The molecule has 2 N–H and O–H groups in total. The first-order chi connectivity index (χ1) is 11.4. The molecular weight excluding hydrogens is 304 g/mol. The minimum absolute atomic E-state index is 0.0853. The molecule has 1 aromatic rings. The van der Waals surface area contributed by atoms with Crippen LogP contribution in [-0.4, -0.2) is 53.5 Å². The summed E-state index contributed by atoms with van der Waals surface area (Å²) >= 11 is 0. The summed E-state index contributed by atoms with van der Waals surface area (Å²) in [5.74, 6) is 0.710. The summed E-state index contributed by atoms with van der Waals surface area (Å²) in [5.41, 5.74) is 2.26. The largest absolute Gasteiger partial charge is 0.334 e. The highest BCUT2D eigenvalue weighted by Crippen LogP contribution is 2.07. The van der Waals surface area contributed by atoms with E-state index in [0.717, 1.165) is 44.0 Å². The monoisotopic (exact) mass is 334 g/mol. The van der Waals surface area contributed by atoms with Crippen LogP contribution in [0.2, 0.25) is 0 Å². The van der Waals surface area contributed by atoms with Gasteiger partial charge in [-0.2, -0.15) is 0 Å². The predicted molar refractivity (Wildman–Crippen MR) is 96.2 cm³/mol. The summed E-state index contributed by atoms with van der Waals surface area (Å²) in [5, 5.41) is 2.88. The normalized spacial score (nSPS) is 15.8. The molecule has 2 rings (SSSR count). The van der Waals surface area contributed by atoms with E-state index >= 15 is 0 Å². The molecule has 0 radical (unpaired) electrons. The molecule has 1 fully saturated rings. The number of hydrogen-bond donors (Lipinski definition) is 2. The summed E-state index contributed by atoms with van der Waals surface area (Å²) in [6.07, 6.45) is 1.20. The van der Waals surface area contributed by atoms with Crippen LogP contribution >= 0.6 is 0 Å². The van der Waals surface area contributed by atoms with E-state index in [2.05, 4.69) is 29.0 Å². The quantitative estimate of drug-likeness (QED) is 0.864. The number of aromatic amines is 1. The molecule has 24 heavy (non-hydrogen) atoms. The maximum absolute atomic E-state index is 12.3. The molecule has 0 saturated carbocycles. The van der Waals surface area contributed by atoms with E-state index in [0.29, 0.717) is 11.5 Å². The molecule has 134 valence electrons. The topological polar surface area (TPSA) is 68.4 Å². The second kappa shape index (κ2) is 8.33. The van der Waals surface area contributed by atoms with Gasteiger partial charge in [-0.15, -0.1) is 0 Å². The van der Waals surface area contributed by atoms with Crippen molar-refractivity contribution in [3.8, 4) is 0 Å². The zero-order valence-corrected chi connectivity index (χ0v) is 15.3. The molecule has 0 atom stereocenters. The Hall–Kier alpha value is -1.82. The molecular formula is C18H30N4O2. The van der Waals surface area contributed by atoms with Crippen molar-refractivity contribution in [2.45, 2.75) is 40.7 Å². The highest BCUT2D eigenvalue weighted by atomic mass is 16.2. The molecule has 2 amide bonds. The van der Waals surface area contributed by atoms with Crippen molar-refractivity contribution in [3.05, 3.63) is 33.2 Å². The summed E-state index contributed by atoms with van der Waals surface area (Å²) in [6, 6.07) is 1.84. The van der Waals surface area contributed by atoms with E-state index < -0.39 is 0 Å². The Morgan fingerprint density at radius 3 is 2.50 bits per heavy atom. The Bertz CT molecular complexity index is 616. The molecule has 0 spiro atoms. The van der Waals surface area contributed by atoms with E-state index in [4.69, 9.17) is 0 Å². The zero-order chi connectivity index (χ0) is 17.7. The molecule has 6 heteroatoms. The van der Waals surface area contributed by atoms with Gasteiger partial charge in [0.2, 0.25) is 0 Å². The maximum Gasteiger partial charge on any atom is 0.317 e. The van der Waals surface area contributed by atoms with Crippen LogP contribution in [0.1, 0.15) is 37.1 Å². The van der Waals surface area contributed by atoms with Gasteiger partial charge >= 0.3 is 6.03 Å². The van der Waals surface area contributed by atoms with Gasteiger partial charge in [-0.25, -0.2) is 4.79 Å². The van der Waals surface area contributed by atoms with Crippen LogP contribution in [-0.2, 0) is 6.54 Å². The third kappa shape index (κ3) is 5.09. The van der Waals surface area contributed by atoms with Crippen molar-refractivity contribution in [2.24, 2.45) is 5.92 Å². The first kappa shape index (κ1) is 18.5. The fraction of sp³-hybridized carbons (Fsp3) is 0.667. The van der Waals surface area contributed by atoms with Crippen LogP contribution in [0.5, 0.6) is 0 Å². The number of carbonyl (C=O) groups excluding carboxylic acids is 1. The number of piperazine rings is 1. The van der Waals surface area contributed by atoms with Crippen molar-refractivity contribution in [2.75, 3.05) is 32.7 Å². The molecule has 1 aliphatic heterocycles. The Labute approximate surface area is 144 Å². The minimum atomic E-state index is -0.119. The summed E-state index contributed by atoms with van der Waals surface area (Å²) in [4.78, 5) is 31.3. The molecule has 1 aromatic heterocycles. The van der Waals surface area contributed by atoms with E-state index in [1.807, 2.05) is 24.8 Å². The van der Waals surface area contributed by atoms with Gasteiger partial charge in [0.25, 0.3) is 5.56 Å². The lowest BCUT2D eigenvalue weighted by atomic mass is 10.1. The molecule has 2 heterocycles.